The first kappa shape index (κ1) is 12.7. The van der Waals surface area contributed by atoms with E-state index in [0.717, 1.165) is 22.7 Å². The lowest BCUT2D eigenvalue weighted by Gasteiger charge is -2.28. The number of rotatable bonds is 4. The topological polar surface area (TPSA) is 3.24 Å². The van der Waals surface area contributed by atoms with Gasteiger partial charge in [0.1, 0.15) is 0 Å². The molecule has 15 heavy (non-hydrogen) atoms. The zero-order chi connectivity index (χ0) is 11.4. The van der Waals surface area contributed by atoms with Crippen LogP contribution in [0.2, 0.25) is 5.02 Å². The van der Waals surface area contributed by atoms with Crippen LogP contribution in [0.1, 0.15) is 25.8 Å². The Morgan fingerprint density at radius 3 is 2.60 bits per heavy atom. The number of anilines is 1. The maximum absolute atomic E-state index is 6.20. The molecule has 0 saturated carbocycles. The van der Waals surface area contributed by atoms with Crippen molar-refractivity contribution in [2.75, 3.05) is 11.9 Å². The Balaban J connectivity index is 3.10. The minimum atomic E-state index is 0.465. The van der Waals surface area contributed by atoms with Gasteiger partial charge in [0.25, 0.3) is 0 Å². The van der Waals surface area contributed by atoms with E-state index >= 15 is 0 Å². The molecule has 1 rings (SSSR count). The highest BCUT2D eigenvalue weighted by atomic mass is 35.5. The molecule has 3 heteroatoms. The minimum Gasteiger partial charge on any atom is -0.370 e. The van der Waals surface area contributed by atoms with Gasteiger partial charge in [-0.15, -0.1) is 11.6 Å². The zero-order valence-corrected chi connectivity index (χ0v) is 10.9. The molecule has 0 aliphatic carbocycles. The summed E-state index contributed by atoms with van der Waals surface area (Å²) in [6.45, 7) is 4.35. The Hall–Kier alpha value is -0.400. The Kier molecular flexibility index (Phi) is 4.75. The molecule has 84 valence electrons. The molecule has 0 fully saturated rings. The fourth-order valence-electron chi connectivity index (χ4n) is 1.56. The smallest absolute Gasteiger partial charge is 0.0642 e. The molecular weight excluding hydrogens is 229 g/mol. The lowest BCUT2D eigenvalue weighted by molar-refractivity contribution is 0.662. The van der Waals surface area contributed by atoms with E-state index in [4.69, 9.17) is 23.2 Å². The highest BCUT2D eigenvalue weighted by Crippen LogP contribution is 2.31. The molecule has 1 atom stereocenters. The third-order valence-corrected chi connectivity index (χ3v) is 3.41. The molecule has 0 spiro atoms. The van der Waals surface area contributed by atoms with Crippen molar-refractivity contribution in [1.29, 1.82) is 0 Å². The third-order valence-electron chi connectivity index (χ3n) is 2.82. The quantitative estimate of drug-likeness (QED) is 0.715. The molecule has 1 aromatic rings. The van der Waals surface area contributed by atoms with Gasteiger partial charge < -0.3 is 4.90 Å². The lowest BCUT2D eigenvalue weighted by Crippen LogP contribution is -2.29. The van der Waals surface area contributed by atoms with E-state index < -0.39 is 0 Å². The number of hydrogen-bond acceptors (Lipinski definition) is 1. The van der Waals surface area contributed by atoms with Crippen LogP contribution in [0.25, 0.3) is 0 Å². The Labute approximate surface area is 102 Å². The molecule has 1 nitrogen and oxygen atoms in total. The van der Waals surface area contributed by atoms with Crippen molar-refractivity contribution in [2.45, 2.75) is 32.2 Å². The molecule has 0 saturated heterocycles. The molecule has 0 aliphatic heterocycles. The second-order valence-electron chi connectivity index (χ2n) is 3.75. The SMILES string of the molecule is CCC(C)N(C)c1c(Cl)cccc1CCl. The summed E-state index contributed by atoms with van der Waals surface area (Å²) in [6, 6.07) is 6.33. The normalized spacial score (nSPS) is 12.6. The summed E-state index contributed by atoms with van der Waals surface area (Å²) in [5.41, 5.74) is 2.15. The van der Waals surface area contributed by atoms with Crippen LogP contribution in [-0.4, -0.2) is 13.1 Å². The first-order chi connectivity index (χ1) is 7.11. The van der Waals surface area contributed by atoms with E-state index in [1.165, 1.54) is 0 Å². The first-order valence-corrected chi connectivity index (χ1v) is 6.09. The van der Waals surface area contributed by atoms with Crippen molar-refractivity contribution in [3.63, 3.8) is 0 Å². The van der Waals surface area contributed by atoms with Gasteiger partial charge in [-0.25, -0.2) is 0 Å². The molecule has 0 bridgehead atoms. The van der Waals surface area contributed by atoms with Gasteiger partial charge in [-0.05, 0) is 25.0 Å². The summed E-state index contributed by atoms with van der Waals surface area (Å²) < 4.78 is 0. The monoisotopic (exact) mass is 245 g/mol. The predicted molar refractivity (Wildman–Crippen MR) is 69.2 cm³/mol. The maximum atomic E-state index is 6.20. The second kappa shape index (κ2) is 5.62. The van der Waals surface area contributed by atoms with Crippen LogP contribution in [-0.2, 0) is 5.88 Å². The molecule has 1 aromatic carbocycles. The van der Waals surface area contributed by atoms with Crippen LogP contribution >= 0.6 is 23.2 Å². The summed E-state index contributed by atoms with van der Waals surface area (Å²) in [7, 11) is 2.06. The van der Waals surface area contributed by atoms with Crippen LogP contribution < -0.4 is 4.90 Å². The lowest BCUT2D eigenvalue weighted by atomic mass is 10.1. The molecular formula is C12H17Cl2N. The highest BCUT2D eigenvalue weighted by molar-refractivity contribution is 6.33. The van der Waals surface area contributed by atoms with E-state index in [2.05, 4.69) is 25.8 Å². The van der Waals surface area contributed by atoms with Crippen molar-refractivity contribution in [1.82, 2.24) is 0 Å². The maximum Gasteiger partial charge on any atom is 0.0642 e. The Morgan fingerprint density at radius 2 is 2.07 bits per heavy atom. The van der Waals surface area contributed by atoms with Gasteiger partial charge in [0, 0.05) is 19.0 Å². The third kappa shape index (κ3) is 2.79. The van der Waals surface area contributed by atoms with Crippen LogP contribution in [0.3, 0.4) is 0 Å². The standard InChI is InChI=1S/C12H17Cl2N/c1-4-9(2)15(3)12-10(8-13)6-5-7-11(12)14/h5-7,9H,4,8H2,1-3H3. The fraction of sp³-hybridized carbons (Fsp3) is 0.500. The van der Waals surface area contributed by atoms with Crippen molar-refractivity contribution in [3.05, 3.63) is 28.8 Å². The van der Waals surface area contributed by atoms with E-state index in [-0.39, 0.29) is 0 Å². The van der Waals surface area contributed by atoms with Gasteiger partial charge in [-0.3, -0.25) is 0 Å². The average Bonchev–Trinajstić information content (AvgIpc) is 2.26. The van der Waals surface area contributed by atoms with Crippen LogP contribution in [0.15, 0.2) is 18.2 Å². The highest BCUT2D eigenvalue weighted by Gasteiger charge is 2.14. The number of para-hydroxylation sites is 1. The summed E-state index contributed by atoms with van der Waals surface area (Å²) in [6.07, 6.45) is 1.09. The van der Waals surface area contributed by atoms with Gasteiger partial charge in [0.2, 0.25) is 0 Å². The number of hydrogen-bond donors (Lipinski definition) is 0. The van der Waals surface area contributed by atoms with Gasteiger partial charge in [0.05, 0.1) is 10.7 Å². The number of benzene rings is 1. The Bertz CT molecular complexity index is 325. The fourth-order valence-corrected chi connectivity index (χ4v) is 2.10. The van der Waals surface area contributed by atoms with Crippen molar-refractivity contribution in [3.8, 4) is 0 Å². The Morgan fingerprint density at radius 1 is 1.40 bits per heavy atom. The predicted octanol–water partition coefficient (Wildman–Crippen LogP) is 4.31. The summed E-state index contributed by atoms with van der Waals surface area (Å²) >= 11 is 12.1. The van der Waals surface area contributed by atoms with Crippen LogP contribution in [0, 0.1) is 0 Å². The molecule has 0 amide bonds. The molecule has 1 unspecified atom stereocenters. The van der Waals surface area contributed by atoms with E-state index in [9.17, 15) is 0 Å². The summed E-state index contributed by atoms with van der Waals surface area (Å²) in [4.78, 5) is 2.19. The minimum absolute atomic E-state index is 0.465. The van der Waals surface area contributed by atoms with Crippen LogP contribution in [0.4, 0.5) is 5.69 Å². The van der Waals surface area contributed by atoms with Gasteiger partial charge in [-0.2, -0.15) is 0 Å². The van der Waals surface area contributed by atoms with Crippen LogP contribution in [0.5, 0.6) is 0 Å². The van der Waals surface area contributed by atoms with E-state index in [1.807, 2.05) is 18.2 Å². The van der Waals surface area contributed by atoms with Gasteiger partial charge in [-0.1, -0.05) is 30.7 Å². The molecule has 0 aliphatic rings. The number of alkyl halides is 1. The van der Waals surface area contributed by atoms with E-state index in [1.54, 1.807) is 0 Å². The second-order valence-corrected chi connectivity index (χ2v) is 4.42. The molecule has 0 radical (unpaired) electrons. The summed E-state index contributed by atoms with van der Waals surface area (Å²) in [5, 5.41) is 0.774. The van der Waals surface area contributed by atoms with E-state index in [0.29, 0.717) is 11.9 Å². The number of nitrogens with zero attached hydrogens (tertiary/aromatic N) is 1. The van der Waals surface area contributed by atoms with Crippen molar-refractivity contribution in [2.24, 2.45) is 0 Å². The van der Waals surface area contributed by atoms with Crippen molar-refractivity contribution < 1.29 is 0 Å². The molecule has 0 aromatic heterocycles. The van der Waals surface area contributed by atoms with Gasteiger partial charge in [0.15, 0.2) is 0 Å². The molecule has 0 heterocycles. The largest absolute Gasteiger partial charge is 0.370 e. The first-order valence-electron chi connectivity index (χ1n) is 5.18. The zero-order valence-electron chi connectivity index (χ0n) is 9.43. The van der Waals surface area contributed by atoms with Gasteiger partial charge >= 0.3 is 0 Å². The number of halogens is 2. The summed E-state index contributed by atoms with van der Waals surface area (Å²) in [5.74, 6) is 0.497. The average molecular weight is 246 g/mol. The molecule has 0 N–H and O–H groups in total. The van der Waals surface area contributed by atoms with Crippen molar-refractivity contribution >= 4 is 28.9 Å².